The van der Waals surface area contributed by atoms with E-state index in [-0.39, 0.29) is 17.4 Å². The molecule has 0 amide bonds. The standard InChI is InChI=1S/C20H32N2O2S/c1-15-13-25(23,24)14-19(15)21-17-9-11-22(12-10-17)18-7-5-16(6-8-18)20(2,3)4/h5-8,15,17,19,21H,9-14H2,1-4H3/t15-,19+/m0/s1. The molecule has 2 aliphatic heterocycles. The second-order valence-corrected chi connectivity index (χ2v) is 11.0. The summed E-state index contributed by atoms with van der Waals surface area (Å²) >= 11 is 0. The summed E-state index contributed by atoms with van der Waals surface area (Å²) in [6, 6.07) is 9.52. The van der Waals surface area contributed by atoms with E-state index in [0.29, 0.717) is 17.5 Å². The van der Waals surface area contributed by atoms with Crippen LogP contribution in [-0.2, 0) is 15.3 Å². The molecular formula is C20H32N2O2S. The van der Waals surface area contributed by atoms with E-state index in [2.05, 4.69) is 55.3 Å². The first-order chi connectivity index (χ1) is 11.6. The number of nitrogens with zero attached hydrogens (tertiary/aromatic N) is 1. The average molecular weight is 365 g/mol. The third-order valence-corrected chi connectivity index (χ3v) is 7.58. The normalized spacial score (nSPS) is 27.6. The van der Waals surface area contributed by atoms with Gasteiger partial charge in [-0.1, -0.05) is 39.8 Å². The highest BCUT2D eigenvalue weighted by atomic mass is 32.2. The molecule has 4 nitrogen and oxygen atoms in total. The highest BCUT2D eigenvalue weighted by Crippen LogP contribution is 2.27. The minimum Gasteiger partial charge on any atom is -0.371 e. The molecule has 2 saturated heterocycles. The zero-order valence-corrected chi connectivity index (χ0v) is 16.8. The third-order valence-electron chi connectivity index (χ3n) is 5.68. The maximum absolute atomic E-state index is 11.8. The minimum atomic E-state index is -2.84. The zero-order chi connectivity index (χ0) is 18.2. The van der Waals surface area contributed by atoms with Crippen LogP contribution in [0.1, 0.15) is 46.1 Å². The Hall–Kier alpha value is -1.07. The van der Waals surface area contributed by atoms with Gasteiger partial charge in [0.2, 0.25) is 0 Å². The molecule has 5 heteroatoms. The smallest absolute Gasteiger partial charge is 0.152 e. The number of hydrogen-bond donors (Lipinski definition) is 1. The number of hydrogen-bond acceptors (Lipinski definition) is 4. The molecule has 2 fully saturated rings. The molecule has 1 N–H and O–H groups in total. The second-order valence-electron chi connectivity index (χ2n) is 8.89. The van der Waals surface area contributed by atoms with Crippen molar-refractivity contribution in [2.24, 2.45) is 5.92 Å². The third kappa shape index (κ3) is 4.56. The Morgan fingerprint density at radius 2 is 1.64 bits per heavy atom. The fraction of sp³-hybridized carbons (Fsp3) is 0.700. The van der Waals surface area contributed by atoms with Gasteiger partial charge in [0.05, 0.1) is 11.5 Å². The fourth-order valence-corrected chi connectivity index (χ4v) is 6.16. The first kappa shape index (κ1) is 18.7. The van der Waals surface area contributed by atoms with Crippen LogP contribution in [0.5, 0.6) is 0 Å². The van der Waals surface area contributed by atoms with E-state index in [1.54, 1.807) is 0 Å². The summed E-state index contributed by atoms with van der Waals surface area (Å²) in [4.78, 5) is 2.44. The van der Waals surface area contributed by atoms with E-state index in [1.165, 1.54) is 11.3 Å². The molecule has 0 spiro atoms. The molecular weight excluding hydrogens is 332 g/mol. The van der Waals surface area contributed by atoms with Crippen LogP contribution < -0.4 is 10.2 Å². The van der Waals surface area contributed by atoms with E-state index in [9.17, 15) is 8.42 Å². The SMILES string of the molecule is C[C@H]1CS(=O)(=O)C[C@H]1NC1CCN(c2ccc(C(C)(C)C)cc2)CC1. The van der Waals surface area contributed by atoms with Gasteiger partial charge in [0.25, 0.3) is 0 Å². The molecule has 0 aromatic heterocycles. The predicted molar refractivity (Wildman–Crippen MR) is 105 cm³/mol. The highest BCUT2D eigenvalue weighted by molar-refractivity contribution is 7.91. The Morgan fingerprint density at radius 1 is 1.04 bits per heavy atom. The molecule has 25 heavy (non-hydrogen) atoms. The topological polar surface area (TPSA) is 49.4 Å². The van der Waals surface area contributed by atoms with E-state index >= 15 is 0 Å². The van der Waals surface area contributed by atoms with Crippen molar-refractivity contribution in [3.8, 4) is 0 Å². The molecule has 0 saturated carbocycles. The van der Waals surface area contributed by atoms with Crippen LogP contribution in [0.4, 0.5) is 5.69 Å². The van der Waals surface area contributed by atoms with Crippen molar-refractivity contribution in [1.29, 1.82) is 0 Å². The van der Waals surface area contributed by atoms with Gasteiger partial charge in [0, 0.05) is 30.9 Å². The monoisotopic (exact) mass is 364 g/mol. The molecule has 0 unspecified atom stereocenters. The van der Waals surface area contributed by atoms with Crippen molar-refractivity contribution in [3.05, 3.63) is 29.8 Å². The number of anilines is 1. The van der Waals surface area contributed by atoms with E-state index in [1.807, 2.05) is 6.92 Å². The number of benzene rings is 1. The first-order valence-corrected chi connectivity index (χ1v) is 11.3. The molecule has 2 aliphatic rings. The summed E-state index contributed by atoms with van der Waals surface area (Å²) < 4.78 is 23.6. The van der Waals surface area contributed by atoms with Crippen LogP contribution in [0.3, 0.4) is 0 Å². The molecule has 2 atom stereocenters. The summed E-state index contributed by atoms with van der Waals surface area (Å²) in [5, 5.41) is 3.62. The van der Waals surface area contributed by atoms with Gasteiger partial charge >= 0.3 is 0 Å². The van der Waals surface area contributed by atoms with E-state index in [4.69, 9.17) is 0 Å². The summed E-state index contributed by atoms with van der Waals surface area (Å²) in [6.45, 7) is 10.8. The quantitative estimate of drug-likeness (QED) is 0.896. The molecule has 0 bridgehead atoms. The van der Waals surface area contributed by atoms with Gasteiger partial charge in [0.15, 0.2) is 9.84 Å². The predicted octanol–water partition coefficient (Wildman–Crippen LogP) is 2.98. The summed E-state index contributed by atoms with van der Waals surface area (Å²) in [5.74, 6) is 0.875. The van der Waals surface area contributed by atoms with E-state index < -0.39 is 9.84 Å². The largest absolute Gasteiger partial charge is 0.371 e. The van der Waals surface area contributed by atoms with Crippen LogP contribution in [-0.4, -0.2) is 45.1 Å². The number of rotatable bonds is 3. The maximum atomic E-state index is 11.8. The molecule has 0 radical (unpaired) electrons. The molecule has 140 valence electrons. The van der Waals surface area contributed by atoms with Gasteiger partial charge in [-0.05, 0) is 41.9 Å². The second kappa shape index (κ2) is 6.92. The summed E-state index contributed by atoms with van der Waals surface area (Å²) in [7, 11) is -2.84. The molecule has 3 rings (SSSR count). The highest BCUT2D eigenvalue weighted by Gasteiger charge is 2.36. The summed E-state index contributed by atoms with van der Waals surface area (Å²) in [6.07, 6.45) is 2.15. The molecule has 2 heterocycles. The summed E-state index contributed by atoms with van der Waals surface area (Å²) in [5.41, 5.74) is 2.85. The molecule has 0 aliphatic carbocycles. The van der Waals surface area contributed by atoms with Crippen molar-refractivity contribution in [2.75, 3.05) is 29.5 Å². The minimum absolute atomic E-state index is 0.132. The van der Waals surface area contributed by atoms with E-state index in [0.717, 1.165) is 25.9 Å². The van der Waals surface area contributed by atoms with Crippen LogP contribution in [0, 0.1) is 5.92 Å². The molecule has 1 aromatic carbocycles. The van der Waals surface area contributed by atoms with Crippen molar-refractivity contribution in [1.82, 2.24) is 5.32 Å². The van der Waals surface area contributed by atoms with Gasteiger partial charge in [-0.15, -0.1) is 0 Å². The van der Waals surface area contributed by atoms with Crippen LogP contribution in [0.2, 0.25) is 0 Å². The Morgan fingerprint density at radius 3 is 2.12 bits per heavy atom. The number of piperidine rings is 1. The molecule has 1 aromatic rings. The number of sulfone groups is 1. The van der Waals surface area contributed by atoms with Crippen molar-refractivity contribution in [2.45, 2.75) is 58.0 Å². The Labute approximate surface area is 152 Å². The lowest BCUT2D eigenvalue weighted by molar-refractivity contribution is 0.344. The maximum Gasteiger partial charge on any atom is 0.152 e. The number of nitrogens with one attached hydrogen (secondary N) is 1. The van der Waals surface area contributed by atoms with Crippen molar-refractivity contribution in [3.63, 3.8) is 0 Å². The Kier molecular flexibility index (Phi) is 5.18. The Balaban J connectivity index is 1.54. The lowest BCUT2D eigenvalue weighted by Crippen LogP contribution is -2.48. The van der Waals surface area contributed by atoms with Crippen LogP contribution in [0.15, 0.2) is 24.3 Å². The Bertz CT molecular complexity index is 683. The lowest BCUT2D eigenvalue weighted by atomic mass is 9.87. The van der Waals surface area contributed by atoms with Gasteiger partial charge in [-0.3, -0.25) is 0 Å². The van der Waals surface area contributed by atoms with Gasteiger partial charge in [-0.25, -0.2) is 8.42 Å². The fourth-order valence-electron chi connectivity index (χ4n) is 4.01. The van der Waals surface area contributed by atoms with Gasteiger partial charge in [-0.2, -0.15) is 0 Å². The van der Waals surface area contributed by atoms with Gasteiger partial charge < -0.3 is 10.2 Å². The average Bonchev–Trinajstić information content (AvgIpc) is 2.79. The van der Waals surface area contributed by atoms with Crippen molar-refractivity contribution >= 4 is 15.5 Å². The van der Waals surface area contributed by atoms with Crippen molar-refractivity contribution < 1.29 is 8.42 Å². The van der Waals surface area contributed by atoms with Crippen LogP contribution >= 0.6 is 0 Å². The van der Waals surface area contributed by atoms with Gasteiger partial charge in [0.1, 0.15) is 0 Å². The first-order valence-electron chi connectivity index (χ1n) is 9.46. The zero-order valence-electron chi connectivity index (χ0n) is 16.0. The van der Waals surface area contributed by atoms with Crippen LogP contribution in [0.25, 0.3) is 0 Å². The lowest BCUT2D eigenvalue weighted by Gasteiger charge is -2.36.